The fourth-order valence-electron chi connectivity index (χ4n) is 3.32. The van der Waals surface area contributed by atoms with Gasteiger partial charge in [0, 0.05) is 5.56 Å². The van der Waals surface area contributed by atoms with Crippen LogP contribution in [0, 0.1) is 31.0 Å². The van der Waals surface area contributed by atoms with Crippen LogP contribution in [0.1, 0.15) is 41.5 Å². The number of nitrogens with one attached hydrogen (secondary N) is 2. The maximum atomic E-state index is 15.1. The molecule has 0 saturated heterocycles. The van der Waals surface area contributed by atoms with E-state index in [0.29, 0.717) is 5.56 Å². The van der Waals surface area contributed by atoms with Crippen molar-refractivity contribution in [3.05, 3.63) is 80.9 Å². The predicted octanol–water partition coefficient (Wildman–Crippen LogP) is 2.62. The molecule has 0 bridgehead atoms. The number of hydrogen-bond donors (Lipinski definition) is 2. The van der Waals surface area contributed by atoms with Gasteiger partial charge in [-0.25, -0.2) is 22.7 Å². The highest BCUT2D eigenvalue weighted by molar-refractivity contribution is 7.89. The molecule has 0 fully saturated rings. The second-order valence-corrected chi connectivity index (χ2v) is 8.47. The van der Waals surface area contributed by atoms with E-state index in [9.17, 15) is 13.2 Å². The Morgan fingerprint density at radius 2 is 1.90 bits per heavy atom. The fourth-order valence-corrected chi connectivity index (χ4v) is 4.72. The van der Waals surface area contributed by atoms with E-state index in [-0.39, 0.29) is 28.3 Å². The Bertz CT molecular complexity index is 1290. The van der Waals surface area contributed by atoms with Gasteiger partial charge in [-0.15, -0.1) is 5.10 Å². The van der Waals surface area contributed by atoms with Crippen LogP contribution in [0.3, 0.4) is 0 Å². The van der Waals surface area contributed by atoms with Crippen molar-refractivity contribution in [1.29, 1.82) is 5.26 Å². The van der Waals surface area contributed by atoms with E-state index in [2.05, 4.69) is 14.9 Å². The molecule has 3 rings (SSSR count). The van der Waals surface area contributed by atoms with Gasteiger partial charge in [0.05, 0.1) is 16.5 Å². The SMILES string of the molecule is CCC(NS(=O)(=O)c1ccc(C#N)cc1)(c1n[nH]c(=O)o1)c1c(F)ccc(C)c1C. The maximum absolute atomic E-state index is 15.1. The number of nitrogens with zero attached hydrogens (tertiary/aromatic N) is 2. The molecule has 156 valence electrons. The van der Waals surface area contributed by atoms with Crippen molar-refractivity contribution in [2.45, 2.75) is 37.6 Å². The fraction of sp³-hybridized carbons (Fsp3) is 0.250. The van der Waals surface area contributed by atoms with Crippen LogP contribution in [0.2, 0.25) is 0 Å². The molecular weight excluding hydrogens is 411 g/mol. The Hall–Kier alpha value is -3.29. The summed E-state index contributed by atoms with van der Waals surface area (Å²) in [6.45, 7) is 5.03. The van der Waals surface area contributed by atoms with Crippen LogP contribution in [0.25, 0.3) is 0 Å². The van der Waals surface area contributed by atoms with Gasteiger partial charge in [0.15, 0.2) is 0 Å². The van der Waals surface area contributed by atoms with Crippen molar-refractivity contribution >= 4 is 10.0 Å². The zero-order valence-electron chi connectivity index (χ0n) is 16.5. The molecule has 1 unspecified atom stereocenters. The van der Waals surface area contributed by atoms with E-state index in [4.69, 9.17) is 9.68 Å². The average molecular weight is 430 g/mol. The molecule has 0 radical (unpaired) electrons. The van der Waals surface area contributed by atoms with Crippen LogP contribution in [0.4, 0.5) is 4.39 Å². The summed E-state index contributed by atoms with van der Waals surface area (Å²) in [6, 6.07) is 9.95. The van der Waals surface area contributed by atoms with E-state index in [1.807, 2.05) is 6.07 Å². The summed E-state index contributed by atoms with van der Waals surface area (Å²) in [5.74, 6) is -1.88. The van der Waals surface area contributed by atoms with Gasteiger partial charge in [0.1, 0.15) is 11.4 Å². The largest absolute Gasteiger partial charge is 0.434 e. The molecule has 0 aliphatic heterocycles. The Morgan fingerprint density at radius 1 is 1.23 bits per heavy atom. The van der Waals surface area contributed by atoms with Gasteiger partial charge in [0.25, 0.3) is 0 Å². The lowest BCUT2D eigenvalue weighted by atomic mass is 9.83. The summed E-state index contributed by atoms with van der Waals surface area (Å²) in [5.41, 5.74) is -0.275. The van der Waals surface area contributed by atoms with E-state index < -0.39 is 27.1 Å². The topological polar surface area (TPSA) is 129 Å². The summed E-state index contributed by atoms with van der Waals surface area (Å²) in [4.78, 5) is 11.5. The molecule has 2 N–H and O–H groups in total. The third kappa shape index (κ3) is 3.65. The molecular formula is C20H19FN4O4S. The first-order valence-electron chi connectivity index (χ1n) is 9.01. The maximum Gasteiger partial charge on any atom is 0.434 e. The normalized spacial score (nSPS) is 13.6. The summed E-state index contributed by atoms with van der Waals surface area (Å²) in [7, 11) is -4.23. The molecule has 8 nitrogen and oxygen atoms in total. The van der Waals surface area contributed by atoms with Crippen LogP contribution in [-0.4, -0.2) is 18.6 Å². The first-order chi connectivity index (χ1) is 14.1. The second kappa shape index (κ2) is 7.85. The number of nitriles is 1. The smallest absolute Gasteiger partial charge is 0.390 e. The van der Waals surface area contributed by atoms with E-state index >= 15 is 4.39 Å². The van der Waals surface area contributed by atoms with Crippen molar-refractivity contribution < 1.29 is 17.2 Å². The highest BCUT2D eigenvalue weighted by Gasteiger charge is 2.45. The number of halogens is 1. The van der Waals surface area contributed by atoms with Crippen LogP contribution < -0.4 is 10.5 Å². The number of rotatable bonds is 6. The van der Waals surface area contributed by atoms with Crippen molar-refractivity contribution in [1.82, 2.24) is 14.9 Å². The van der Waals surface area contributed by atoms with Gasteiger partial charge in [-0.3, -0.25) is 0 Å². The molecule has 0 aliphatic carbocycles. The highest BCUT2D eigenvalue weighted by atomic mass is 32.2. The minimum Gasteiger partial charge on any atom is -0.390 e. The first-order valence-corrected chi connectivity index (χ1v) is 10.5. The zero-order chi connectivity index (χ0) is 22.1. The molecule has 0 aliphatic rings. The molecule has 1 aromatic heterocycles. The number of aromatic amines is 1. The van der Waals surface area contributed by atoms with Crippen LogP contribution in [0.5, 0.6) is 0 Å². The van der Waals surface area contributed by atoms with Crippen molar-refractivity contribution in [3.63, 3.8) is 0 Å². The predicted molar refractivity (Wildman–Crippen MR) is 106 cm³/mol. The molecule has 10 heteroatoms. The molecule has 0 amide bonds. The minimum absolute atomic E-state index is 0.00246. The lowest BCUT2D eigenvalue weighted by Gasteiger charge is -2.32. The Balaban J connectivity index is 2.27. The van der Waals surface area contributed by atoms with Crippen molar-refractivity contribution in [2.75, 3.05) is 0 Å². The molecule has 1 atom stereocenters. The summed E-state index contributed by atoms with van der Waals surface area (Å²) < 4.78 is 49.0. The molecule has 0 saturated carbocycles. The van der Waals surface area contributed by atoms with Gasteiger partial charge in [-0.05, 0) is 61.7 Å². The minimum atomic E-state index is -4.23. The van der Waals surface area contributed by atoms with Crippen LogP contribution in [0.15, 0.2) is 50.5 Å². The number of hydrogen-bond acceptors (Lipinski definition) is 6. The Kier molecular flexibility index (Phi) is 5.61. The van der Waals surface area contributed by atoms with Gasteiger partial charge < -0.3 is 4.42 Å². The first kappa shape index (κ1) is 21.4. The summed E-state index contributed by atoms with van der Waals surface area (Å²) in [6.07, 6.45) is -0.00246. The number of aryl methyl sites for hydroxylation is 1. The van der Waals surface area contributed by atoms with Gasteiger partial charge in [-0.2, -0.15) is 9.98 Å². The van der Waals surface area contributed by atoms with Crippen molar-refractivity contribution in [2.24, 2.45) is 0 Å². The van der Waals surface area contributed by atoms with E-state index in [0.717, 1.165) is 5.56 Å². The summed E-state index contributed by atoms with van der Waals surface area (Å²) >= 11 is 0. The molecule has 1 heterocycles. The third-order valence-electron chi connectivity index (χ3n) is 5.05. The number of sulfonamides is 1. The van der Waals surface area contributed by atoms with Crippen LogP contribution in [-0.2, 0) is 15.6 Å². The van der Waals surface area contributed by atoms with E-state index in [1.165, 1.54) is 30.3 Å². The number of H-pyrrole nitrogens is 1. The van der Waals surface area contributed by atoms with Crippen molar-refractivity contribution in [3.8, 4) is 6.07 Å². The van der Waals surface area contributed by atoms with Gasteiger partial charge in [0.2, 0.25) is 15.9 Å². The van der Waals surface area contributed by atoms with Crippen LogP contribution >= 0.6 is 0 Å². The molecule has 0 spiro atoms. The zero-order valence-corrected chi connectivity index (χ0v) is 17.3. The average Bonchev–Trinajstić information content (AvgIpc) is 3.17. The quantitative estimate of drug-likeness (QED) is 0.618. The Labute approximate surface area is 172 Å². The highest BCUT2D eigenvalue weighted by Crippen LogP contribution is 2.37. The monoisotopic (exact) mass is 430 g/mol. The number of aromatic nitrogens is 2. The lowest BCUT2D eigenvalue weighted by Crippen LogP contribution is -2.48. The van der Waals surface area contributed by atoms with Gasteiger partial charge in [-0.1, -0.05) is 13.0 Å². The lowest BCUT2D eigenvalue weighted by molar-refractivity contribution is 0.319. The molecule has 2 aromatic carbocycles. The van der Waals surface area contributed by atoms with E-state index in [1.54, 1.807) is 26.8 Å². The third-order valence-corrected chi connectivity index (χ3v) is 6.56. The summed E-state index contributed by atoms with van der Waals surface area (Å²) in [5, 5.41) is 14.9. The molecule has 3 aromatic rings. The van der Waals surface area contributed by atoms with Gasteiger partial charge >= 0.3 is 5.76 Å². The second-order valence-electron chi connectivity index (χ2n) is 6.78. The standard InChI is InChI=1S/C20H19FN4O4S/c1-4-20(18-23-24-19(26)29-18,17-13(3)12(2)5-10-16(17)21)25-30(27,28)15-8-6-14(11-22)7-9-15/h5-10,25H,4H2,1-3H3,(H,24,26). The Morgan fingerprint density at radius 3 is 2.43 bits per heavy atom. The number of benzene rings is 2. The molecule has 30 heavy (non-hydrogen) atoms.